The van der Waals surface area contributed by atoms with Gasteiger partial charge in [0.15, 0.2) is 0 Å². The fourth-order valence-electron chi connectivity index (χ4n) is 3.83. The highest BCUT2D eigenvalue weighted by Crippen LogP contribution is 2.32. The number of aliphatic carboxylic acids is 1. The fraction of sp³-hybridized carbons (Fsp3) is 0.500. The van der Waals surface area contributed by atoms with Gasteiger partial charge < -0.3 is 26.2 Å². The highest BCUT2D eigenvalue weighted by molar-refractivity contribution is 6.37. The van der Waals surface area contributed by atoms with Gasteiger partial charge in [0.2, 0.25) is 0 Å². The lowest BCUT2D eigenvalue weighted by atomic mass is 9.79. The van der Waals surface area contributed by atoms with Crippen molar-refractivity contribution in [1.29, 1.82) is 0 Å². The lowest BCUT2D eigenvalue weighted by Gasteiger charge is -2.47. The van der Waals surface area contributed by atoms with Crippen molar-refractivity contribution in [2.75, 3.05) is 10.6 Å². The van der Waals surface area contributed by atoms with E-state index in [0.717, 1.165) is 12.8 Å². The molecule has 26 heavy (non-hydrogen) atoms. The third kappa shape index (κ3) is 4.72. The number of anilines is 2. The molecule has 0 saturated carbocycles. The van der Waals surface area contributed by atoms with Gasteiger partial charge in [0.05, 0.1) is 11.4 Å². The van der Waals surface area contributed by atoms with Crippen molar-refractivity contribution in [3.8, 4) is 0 Å². The van der Waals surface area contributed by atoms with Crippen molar-refractivity contribution in [1.82, 2.24) is 5.32 Å². The Morgan fingerprint density at radius 3 is 2.08 bits per heavy atom. The number of hydrogen-bond acceptors (Lipinski definition) is 5. The molecule has 8 nitrogen and oxygen atoms in total. The summed E-state index contributed by atoms with van der Waals surface area (Å²) in [5.74, 6) is -4.21. The van der Waals surface area contributed by atoms with Crippen molar-refractivity contribution in [2.45, 2.75) is 57.7 Å². The van der Waals surface area contributed by atoms with Crippen LogP contribution >= 0.6 is 0 Å². The molecule has 1 saturated heterocycles. The summed E-state index contributed by atoms with van der Waals surface area (Å²) < 4.78 is 0. The van der Waals surface area contributed by atoms with E-state index in [1.54, 1.807) is 12.1 Å². The van der Waals surface area contributed by atoms with Gasteiger partial charge in [-0.2, -0.15) is 0 Å². The molecule has 2 rings (SSSR count). The Labute approximate surface area is 152 Å². The van der Waals surface area contributed by atoms with Crippen LogP contribution in [0.1, 0.15) is 50.9 Å². The molecule has 0 aromatic heterocycles. The Hall–Kier alpha value is -2.61. The average molecular weight is 363 g/mol. The monoisotopic (exact) mass is 363 g/mol. The number of piperidine rings is 1. The third-order valence-electron chi connectivity index (χ3n) is 4.27. The van der Waals surface area contributed by atoms with Crippen LogP contribution < -0.4 is 16.0 Å². The molecule has 0 radical (unpaired) electrons. The Bertz CT molecular complexity index is 726. The zero-order valence-corrected chi connectivity index (χ0v) is 15.3. The van der Waals surface area contributed by atoms with E-state index in [9.17, 15) is 19.5 Å². The molecule has 5 N–H and O–H groups in total. The number of carbonyl (C=O) groups is 3. The van der Waals surface area contributed by atoms with E-state index >= 15 is 0 Å². The normalized spacial score (nSPS) is 18.8. The van der Waals surface area contributed by atoms with Gasteiger partial charge >= 0.3 is 17.8 Å². The molecule has 0 atom stereocenters. The number of benzene rings is 1. The summed E-state index contributed by atoms with van der Waals surface area (Å²) in [5, 5.41) is 27.3. The summed E-state index contributed by atoms with van der Waals surface area (Å²) in [6.07, 6.45) is 1.56. The van der Waals surface area contributed by atoms with E-state index in [1.807, 2.05) is 0 Å². The van der Waals surface area contributed by atoms with E-state index in [1.165, 1.54) is 6.07 Å². The van der Waals surface area contributed by atoms with Crippen molar-refractivity contribution in [3.05, 3.63) is 23.8 Å². The van der Waals surface area contributed by atoms with Crippen molar-refractivity contribution in [3.63, 3.8) is 0 Å². The molecule has 0 unspecified atom stereocenters. The van der Waals surface area contributed by atoms with Gasteiger partial charge in [-0.05, 0) is 52.7 Å². The molecular formula is C18H25N3O5. The van der Waals surface area contributed by atoms with Gasteiger partial charge in [0.25, 0.3) is 0 Å². The van der Waals surface area contributed by atoms with Gasteiger partial charge in [-0.25, -0.2) is 9.59 Å². The molecular weight excluding hydrogens is 338 g/mol. The van der Waals surface area contributed by atoms with E-state index in [0.29, 0.717) is 5.69 Å². The lowest BCUT2D eigenvalue weighted by Crippen LogP contribution is -2.60. The Balaban J connectivity index is 2.33. The van der Waals surface area contributed by atoms with Gasteiger partial charge in [0, 0.05) is 17.1 Å². The molecule has 1 aliphatic heterocycles. The number of amides is 1. The summed E-state index contributed by atoms with van der Waals surface area (Å²) in [6, 6.07) is 4.57. The fourth-order valence-corrected chi connectivity index (χ4v) is 3.83. The number of carboxylic acids is 2. The summed E-state index contributed by atoms with van der Waals surface area (Å²) >= 11 is 0. The second kappa shape index (κ2) is 6.95. The topological polar surface area (TPSA) is 128 Å². The Morgan fingerprint density at radius 1 is 1.04 bits per heavy atom. The second-order valence-electron chi connectivity index (χ2n) is 7.93. The quantitative estimate of drug-likeness (QED) is 0.518. The summed E-state index contributed by atoms with van der Waals surface area (Å²) in [5.41, 5.74) is -0.117. The van der Waals surface area contributed by atoms with Crippen LogP contribution in [0, 0.1) is 0 Å². The molecule has 1 amide bonds. The first-order valence-corrected chi connectivity index (χ1v) is 8.37. The van der Waals surface area contributed by atoms with Crippen LogP contribution in [0.25, 0.3) is 0 Å². The molecule has 142 valence electrons. The Morgan fingerprint density at radius 2 is 1.58 bits per heavy atom. The second-order valence-corrected chi connectivity index (χ2v) is 7.93. The number of rotatable bonds is 4. The van der Waals surface area contributed by atoms with E-state index in [4.69, 9.17) is 5.11 Å². The minimum absolute atomic E-state index is 0.0183. The maximum Gasteiger partial charge on any atom is 0.394 e. The Kier molecular flexibility index (Phi) is 5.27. The molecule has 8 heteroatoms. The van der Waals surface area contributed by atoms with Crippen LogP contribution in [0.3, 0.4) is 0 Å². The van der Waals surface area contributed by atoms with E-state index < -0.39 is 17.8 Å². The summed E-state index contributed by atoms with van der Waals surface area (Å²) in [6.45, 7) is 8.35. The largest absolute Gasteiger partial charge is 0.478 e. The van der Waals surface area contributed by atoms with Gasteiger partial charge in [0.1, 0.15) is 5.56 Å². The van der Waals surface area contributed by atoms with Crippen LogP contribution in [0.15, 0.2) is 18.2 Å². The molecule has 1 heterocycles. The molecule has 0 bridgehead atoms. The maximum absolute atomic E-state index is 11.7. The first kappa shape index (κ1) is 19.7. The highest BCUT2D eigenvalue weighted by atomic mass is 16.4. The first-order valence-electron chi connectivity index (χ1n) is 8.37. The van der Waals surface area contributed by atoms with Crippen molar-refractivity contribution < 1.29 is 24.6 Å². The minimum Gasteiger partial charge on any atom is -0.478 e. The number of carbonyl (C=O) groups excluding carboxylic acids is 1. The minimum atomic E-state index is -1.68. The molecule has 1 aromatic carbocycles. The molecule has 1 aliphatic rings. The van der Waals surface area contributed by atoms with E-state index in [-0.39, 0.29) is 28.4 Å². The van der Waals surface area contributed by atoms with Crippen LogP contribution in [0.2, 0.25) is 0 Å². The number of nitrogens with one attached hydrogen (secondary N) is 3. The third-order valence-corrected chi connectivity index (χ3v) is 4.27. The summed E-state index contributed by atoms with van der Waals surface area (Å²) in [7, 11) is 0. The number of carboxylic acid groups (broad SMARTS) is 2. The predicted molar refractivity (Wildman–Crippen MR) is 97.6 cm³/mol. The smallest absolute Gasteiger partial charge is 0.394 e. The summed E-state index contributed by atoms with van der Waals surface area (Å²) in [4.78, 5) is 33.9. The van der Waals surface area contributed by atoms with Crippen LogP contribution in [0.5, 0.6) is 0 Å². The van der Waals surface area contributed by atoms with Gasteiger partial charge in [-0.3, -0.25) is 4.79 Å². The van der Waals surface area contributed by atoms with Gasteiger partial charge in [-0.15, -0.1) is 0 Å². The van der Waals surface area contributed by atoms with E-state index in [2.05, 4.69) is 43.6 Å². The first-order chi connectivity index (χ1) is 11.9. The molecule has 1 fully saturated rings. The average Bonchev–Trinajstić information content (AvgIpc) is 2.43. The zero-order chi connectivity index (χ0) is 19.7. The van der Waals surface area contributed by atoms with Crippen molar-refractivity contribution in [2.24, 2.45) is 0 Å². The SMILES string of the molecule is CC1(C)CC(Nc2cccc(NC(=O)C(=O)O)c2C(=O)O)CC(C)(C)N1. The number of hydrogen-bond donors (Lipinski definition) is 5. The maximum atomic E-state index is 11.7. The van der Waals surface area contributed by atoms with Crippen LogP contribution in [0.4, 0.5) is 11.4 Å². The van der Waals surface area contributed by atoms with Crippen LogP contribution in [-0.4, -0.2) is 45.2 Å². The molecule has 1 aromatic rings. The molecule has 0 aliphatic carbocycles. The lowest BCUT2D eigenvalue weighted by molar-refractivity contribution is -0.147. The van der Waals surface area contributed by atoms with Gasteiger partial charge in [-0.1, -0.05) is 6.07 Å². The predicted octanol–water partition coefficient (Wildman–Crippen LogP) is 2.13. The number of aromatic carboxylic acids is 1. The zero-order valence-electron chi connectivity index (χ0n) is 15.3. The van der Waals surface area contributed by atoms with Crippen molar-refractivity contribution >= 4 is 29.2 Å². The highest BCUT2D eigenvalue weighted by Gasteiger charge is 2.38. The van der Waals surface area contributed by atoms with Crippen LogP contribution in [-0.2, 0) is 9.59 Å². The molecule has 0 spiro atoms. The standard InChI is InChI=1S/C18H25N3O5/c1-17(2)8-10(9-18(3,4)21-17)19-11-6-5-7-12(13(11)15(23)24)20-14(22)16(25)26/h5-7,10,19,21H,8-9H2,1-4H3,(H,20,22)(H,23,24)(H,25,26).